The zero-order chi connectivity index (χ0) is 16.5. The van der Waals surface area contributed by atoms with Crippen LogP contribution in [0.2, 0.25) is 0 Å². The van der Waals surface area contributed by atoms with Crippen molar-refractivity contribution < 1.29 is 19.5 Å². The molecular weight excluding hydrogens is 284 g/mol. The minimum atomic E-state index is -1.12. The van der Waals surface area contributed by atoms with Crippen LogP contribution in [0.5, 0.6) is 0 Å². The van der Waals surface area contributed by atoms with Gasteiger partial charge in [0.2, 0.25) is 5.91 Å². The number of carboxylic acids is 1. The highest BCUT2D eigenvalue weighted by molar-refractivity contribution is 5.97. The summed E-state index contributed by atoms with van der Waals surface area (Å²) in [7, 11) is 1.81. The molecule has 0 spiro atoms. The molecule has 0 aromatic heterocycles. The lowest BCUT2D eigenvalue weighted by molar-refractivity contribution is -0.141. The largest absolute Gasteiger partial charge is 0.480 e. The molecule has 3 N–H and O–H groups in total. The van der Waals surface area contributed by atoms with Gasteiger partial charge in [0.25, 0.3) is 0 Å². The minimum Gasteiger partial charge on any atom is -0.480 e. The number of ketones is 1. The highest BCUT2D eigenvalue weighted by Crippen LogP contribution is 2.11. The van der Waals surface area contributed by atoms with Crippen LogP contribution in [0.1, 0.15) is 18.1 Å². The first-order valence-corrected chi connectivity index (χ1v) is 6.87. The van der Waals surface area contributed by atoms with E-state index in [0.29, 0.717) is 6.54 Å². The Labute approximate surface area is 129 Å². The van der Waals surface area contributed by atoms with E-state index in [2.05, 4.69) is 10.6 Å². The molecule has 22 heavy (non-hydrogen) atoms. The summed E-state index contributed by atoms with van der Waals surface area (Å²) in [6.45, 7) is 1.92. The van der Waals surface area contributed by atoms with E-state index >= 15 is 0 Å². The number of nitrogens with one attached hydrogen (secondary N) is 2. The average molecular weight is 304 g/mol. The predicted molar refractivity (Wildman–Crippen MR) is 82.3 cm³/mol. The van der Waals surface area contributed by atoms with E-state index in [1.54, 1.807) is 7.05 Å². The SMILES string of the molecule is CNCc1ccccc1C[C@@H](NC(=O)/C=C/C(C)=O)C(=O)O. The Balaban J connectivity index is 2.83. The van der Waals surface area contributed by atoms with Crippen molar-refractivity contribution in [2.24, 2.45) is 0 Å². The van der Waals surface area contributed by atoms with E-state index in [4.69, 9.17) is 0 Å². The Morgan fingerprint density at radius 3 is 2.36 bits per heavy atom. The first kappa shape index (κ1) is 17.6. The number of hydrogen-bond acceptors (Lipinski definition) is 4. The smallest absolute Gasteiger partial charge is 0.326 e. The number of amides is 1. The second-order valence-corrected chi connectivity index (χ2v) is 4.85. The number of hydrogen-bond donors (Lipinski definition) is 3. The highest BCUT2D eigenvalue weighted by Gasteiger charge is 2.20. The summed E-state index contributed by atoms with van der Waals surface area (Å²) in [5.41, 5.74) is 1.82. The molecule has 1 rings (SSSR count). The monoisotopic (exact) mass is 304 g/mol. The Kier molecular flexibility index (Phi) is 6.98. The average Bonchev–Trinajstić information content (AvgIpc) is 2.46. The van der Waals surface area contributed by atoms with E-state index in [1.807, 2.05) is 24.3 Å². The summed E-state index contributed by atoms with van der Waals surface area (Å²) in [6.07, 6.45) is 2.31. The number of carbonyl (C=O) groups is 3. The summed E-state index contributed by atoms with van der Waals surface area (Å²) >= 11 is 0. The third-order valence-corrected chi connectivity index (χ3v) is 2.99. The van der Waals surface area contributed by atoms with Crippen molar-refractivity contribution >= 4 is 17.7 Å². The van der Waals surface area contributed by atoms with Crippen LogP contribution in [0.3, 0.4) is 0 Å². The van der Waals surface area contributed by atoms with Gasteiger partial charge in [0.05, 0.1) is 0 Å². The summed E-state index contributed by atoms with van der Waals surface area (Å²) < 4.78 is 0. The van der Waals surface area contributed by atoms with Crippen molar-refractivity contribution in [2.75, 3.05) is 7.05 Å². The molecular formula is C16H20N2O4. The molecule has 0 aliphatic heterocycles. The van der Waals surface area contributed by atoms with Crippen molar-refractivity contribution in [1.82, 2.24) is 10.6 Å². The molecule has 0 aliphatic rings. The van der Waals surface area contributed by atoms with Crippen LogP contribution in [0.25, 0.3) is 0 Å². The van der Waals surface area contributed by atoms with Gasteiger partial charge < -0.3 is 15.7 Å². The lowest BCUT2D eigenvalue weighted by atomic mass is 10.00. The van der Waals surface area contributed by atoms with Gasteiger partial charge in [-0.3, -0.25) is 9.59 Å². The first-order valence-electron chi connectivity index (χ1n) is 6.87. The first-order chi connectivity index (χ1) is 10.4. The number of benzene rings is 1. The van der Waals surface area contributed by atoms with E-state index in [1.165, 1.54) is 6.92 Å². The fourth-order valence-corrected chi connectivity index (χ4v) is 1.95. The van der Waals surface area contributed by atoms with Crippen LogP contribution in [-0.2, 0) is 27.3 Å². The third kappa shape index (κ3) is 5.88. The number of allylic oxidation sites excluding steroid dienone is 1. The van der Waals surface area contributed by atoms with Crippen LogP contribution in [0.4, 0.5) is 0 Å². The third-order valence-electron chi connectivity index (χ3n) is 2.99. The van der Waals surface area contributed by atoms with Gasteiger partial charge in [-0.25, -0.2) is 4.79 Å². The molecule has 6 nitrogen and oxygen atoms in total. The molecule has 0 aliphatic carbocycles. The fraction of sp³-hybridized carbons (Fsp3) is 0.312. The summed E-state index contributed by atoms with van der Waals surface area (Å²) in [4.78, 5) is 33.7. The van der Waals surface area contributed by atoms with Crippen LogP contribution < -0.4 is 10.6 Å². The molecule has 118 valence electrons. The number of aliphatic carboxylic acids is 1. The molecule has 0 unspecified atom stereocenters. The van der Waals surface area contributed by atoms with Gasteiger partial charge in [-0.2, -0.15) is 0 Å². The predicted octanol–water partition coefficient (Wildman–Crippen LogP) is 0.663. The minimum absolute atomic E-state index is 0.173. The Morgan fingerprint density at radius 2 is 1.82 bits per heavy atom. The number of rotatable bonds is 8. The Hall–Kier alpha value is -2.47. The van der Waals surface area contributed by atoms with Crippen LogP contribution in [0.15, 0.2) is 36.4 Å². The zero-order valence-corrected chi connectivity index (χ0v) is 12.6. The maximum atomic E-state index is 11.6. The van der Waals surface area contributed by atoms with Gasteiger partial charge in [0.15, 0.2) is 5.78 Å². The lowest BCUT2D eigenvalue weighted by Crippen LogP contribution is -2.41. The van der Waals surface area contributed by atoms with Gasteiger partial charge in [0, 0.05) is 19.0 Å². The van der Waals surface area contributed by atoms with Gasteiger partial charge in [-0.1, -0.05) is 24.3 Å². The van der Waals surface area contributed by atoms with Crippen molar-refractivity contribution in [3.63, 3.8) is 0 Å². The maximum Gasteiger partial charge on any atom is 0.326 e. The summed E-state index contributed by atoms with van der Waals surface area (Å²) in [6, 6.07) is 6.38. The van der Waals surface area contributed by atoms with Crippen LogP contribution >= 0.6 is 0 Å². The molecule has 0 saturated heterocycles. The summed E-state index contributed by atoms with van der Waals surface area (Å²) in [5.74, 6) is -2.00. The van der Waals surface area contributed by atoms with Crippen LogP contribution in [-0.4, -0.2) is 35.9 Å². The molecule has 0 heterocycles. The number of carbonyl (C=O) groups excluding carboxylic acids is 2. The van der Waals surface area contributed by atoms with Crippen molar-refractivity contribution in [1.29, 1.82) is 0 Å². The molecule has 1 atom stereocenters. The molecule has 0 radical (unpaired) electrons. The second kappa shape index (κ2) is 8.74. The zero-order valence-electron chi connectivity index (χ0n) is 12.6. The fourth-order valence-electron chi connectivity index (χ4n) is 1.95. The standard InChI is InChI=1S/C16H20N2O4/c1-11(19)7-8-15(20)18-14(16(21)22)9-12-5-3-4-6-13(12)10-17-2/h3-8,14,17H,9-10H2,1-2H3,(H,18,20)(H,21,22)/b8-7+/t14-/m1/s1. The van der Waals surface area contributed by atoms with E-state index in [9.17, 15) is 19.5 Å². The van der Waals surface area contributed by atoms with Crippen molar-refractivity contribution in [3.8, 4) is 0 Å². The lowest BCUT2D eigenvalue weighted by Gasteiger charge is -2.16. The maximum absolute atomic E-state index is 11.6. The Bertz CT molecular complexity index is 581. The molecule has 1 amide bonds. The van der Waals surface area contributed by atoms with E-state index in [0.717, 1.165) is 23.3 Å². The molecule has 1 aromatic carbocycles. The highest BCUT2D eigenvalue weighted by atomic mass is 16.4. The Morgan fingerprint density at radius 1 is 1.18 bits per heavy atom. The van der Waals surface area contributed by atoms with Gasteiger partial charge in [0.1, 0.15) is 6.04 Å². The molecule has 0 saturated carbocycles. The van der Waals surface area contributed by atoms with Crippen molar-refractivity contribution in [3.05, 3.63) is 47.5 Å². The van der Waals surface area contributed by atoms with E-state index < -0.39 is 17.9 Å². The van der Waals surface area contributed by atoms with Gasteiger partial charge in [-0.05, 0) is 31.2 Å². The topological polar surface area (TPSA) is 95.5 Å². The quantitative estimate of drug-likeness (QED) is 0.613. The van der Waals surface area contributed by atoms with Gasteiger partial charge in [-0.15, -0.1) is 0 Å². The van der Waals surface area contributed by atoms with Gasteiger partial charge >= 0.3 is 5.97 Å². The number of carboxylic acid groups (broad SMARTS) is 1. The van der Waals surface area contributed by atoms with Crippen molar-refractivity contribution in [2.45, 2.75) is 25.9 Å². The molecule has 0 fully saturated rings. The molecule has 6 heteroatoms. The van der Waals surface area contributed by atoms with Crippen LogP contribution in [0, 0.1) is 0 Å². The molecule has 1 aromatic rings. The normalized spacial score (nSPS) is 12.1. The molecule has 0 bridgehead atoms. The summed E-state index contributed by atoms with van der Waals surface area (Å²) in [5, 5.41) is 14.7. The second-order valence-electron chi connectivity index (χ2n) is 4.85. The van der Waals surface area contributed by atoms with E-state index in [-0.39, 0.29) is 12.2 Å².